The molecular weight excluding hydrogens is 486 g/mol. The van der Waals surface area contributed by atoms with Crippen molar-refractivity contribution < 1.29 is 19.0 Å². The number of benzene rings is 3. The van der Waals surface area contributed by atoms with Crippen LogP contribution in [0.1, 0.15) is 18.5 Å². The van der Waals surface area contributed by atoms with Crippen molar-refractivity contribution in [3.05, 3.63) is 77.3 Å². The number of hydrogen-bond donors (Lipinski definition) is 2. The van der Waals surface area contributed by atoms with E-state index in [0.717, 1.165) is 5.56 Å². The number of ether oxygens (including phenoxy) is 3. The van der Waals surface area contributed by atoms with Gasteiger partial charge in [0, 0.05) is 16.3 Å². The van der Waals surface area contributed by atoms with Gasteiger partial charge in [0.25, 0.3) is 0 Å². The molecule has 7 nitrogen and oxygen atoms in total. The fourth-order valence-corrected chi connectivity index (χ4v) is 5.40. The zero-order chi connectivity index (χ0) is 24.7. The van der Waals surface area contributed by atoms with Crippen molar-refractivity contribution in [1.29, 1.82) is 0 Å². The zero-order valence-corrected chi connectivity index (χ0v) is 20.9. The highest BCUT2D eigenvalue weighted by Gasteiger charge is 2.60. The van der Waals surface area contributed by atoms with Crippen molar-refractivity contribution in [3.63, 3.8) is 0 Å². The minimum Gasteiger partial charge on any atom is -0.495 e. The number of anilines is 2. The van der Waals surface area contributed by atoms with Gasteiger partial charge in [-0.1, -0.05) is 35.9 Å². The number of nitrogens with one attached hydrogen (secondary N) is 2. The summed E-state index contributed by atoms with van der Waals surface area (Å²) in [6, 6.07) is 19.6. The lowest BCUT2D eigenvalue weighted by Gasteiger charge is -2.56. The summed E-state index contributed by atoms with van der Waals surface area (Å²) in [5.74, 6) is 0.804. The summed E-state index contributed by atoms with van der Waals surface area (Å²) in [7, 11) is 3.18. The summed E-state index contributed by atoms with van der Waals surface area (Å²) in [6.07, 6.45) is 0. The van der Waals surface area contributed by atoms with Crippen molar-refractivity contribution in [2.45, 2.75) is 18.7 Å². The van der Waals surface area contributed by atoms with Gasteiger partial charge < -0.3 is 24.8 Å². The number of para-hydroxylation sites is 3. The van der Waals surface area contributed by atoms with E-state index in [1.165, 1.54) is 0 Å². The Morgan fingerprint density at radius 1 is 1.06 bits per heavy atom. The molecule has 1 amide bonds. The van der Waals surface area contributed by atoms with Crippen LogP contribution >= 0.6 is 23.8 Å². The first-order valence-electron chi connectivity index (χ1n) is 11.0. The molecule has 3 aromatic rings. The van der Waals surface area contributed by atoms with Crippen molar-refractivity contribution in [3.8, 4) is 17.2 Å². The maximum atomic E-state index is 13.9. The van der Waals surface area contributed by atoms with Crippen LogP contribution in [-0.2, 0) is 4.79 Å². The Labute approximate surface area is 213 Å². The Morgan fingerprint density at radius 2 is 1.74 bits per heavy atom. The first-order chi connectivity index (χ1) is 16.9. The highest BCUT2D eigenvalue weighted by Crippen LogP contribution is 2.53. The molecule has 2 bridgehead atoms. The van der Waals surface area contributed by atoms with Crippen LogP contribution in [-0.4, -0.2) is 31.0 Å². The molecule has 9 heteroatoms. The number of rotatable bonds is 5. The second-order valence-corrected chi connectivity index (χ2v) is 9.27. The third-order valence-corrected chi connectivity index (χ3v) is 6.98. The minimum absolute atomic E-state index is 0.233. The summed E-state index contributed by atoms with van der Waals surface area (Å²) in [5.41, 5.74) is 0.889. The lowest BCUT2D eigenvalue weighted by molar-refractivity contribution is -0.130. The van der Waals surface area contributed by atoms with Crippen molar-refractivity contribution in [1.82, 2.24) is 5.32 Å². The standard InChI is InChI=1S/C26H24ClN3O4S/c1-26-21(24(31)28-16-13-11-15(27)12-14-16)22(17-7-6-10-20(33-3)23(17)34-26)29-25(35)30(26)18-8-4-5-9-19(18)32-2/h4-14,21-22H,1-3H3,(H,28,31)(H,29,35)/t21-,22+,26+/m1/s1. The molecule has 2 aliphatic heterocycles. The monoisotopic (exact) mass is 509 g/mol. The van der Waals surface area contributed by atoms with E-state index in [4.69, 9.17) is 38.0 Å². The number of carbonyl (C=O) groups is 1. The predicted octanol–water partition coefficient (Wildman–Crippen LogP) is 5.16. The molecule has 0 saturated carbocycles. The molecule has 0 aliphatic carbocycles. The van der Waals surface area contributed by atoms with E-state index in [1.54, 1.807) is 43.4 Å². The van der Waals surface area contributed by atoms with Gasteiger partial charge in [-0.2, -0.15) is 0 Å². The van der Waals surface area contributed by atoms with Crippen LogP contribution < -0.4 is 29.7 Å². The van der Waals surface area contributed by atoms with Gasteiger partial charge in [0.1, 0.15) is 11.7 Å². The van der Waals surface area contributed by atoms with Crippen LogP contribution in [0, 0.1) is 5.92 Å². The second kappa shape index (κ2) is 8.94. The maximum absolute atomic E-state index is 13.9. The summed E-state index contributed by atoms with van der Waals surface area (Å²) in [5, 5.41) is 7.42. The van der Waals surface area contributed by atoms with Gasteiger partial charge in [0.15, 0.2) is 22.3 Å². The molecule has 1 fully saturated rings. The molecular formula is C26H24ClN3O4S. The maximum Gasteiger partial charge on any atom is 0.236 e. The van der Waals surface area contributed by atoms with E-state index in [9.17, 15) is 4.79 Å². The van der Waals surface area contributed by atoms with Crippen molar-refractivity contribution in [2.75, 3.05) is 24.4 Å². The molecule has 3 aromatic carbocycles. The molecule has 2 aliphatic rings. The van der Waals surface area contributed by atoms with Crippen LogP contribution in [0.3, 0.4) is 0 Å². The number of halogens is 1. The molecule has 0 radical (unpaired) electrons. The molecule has 0 spiro atoms. The molecule has 0 aromatic heterocycles. The summed E-state index contributed by atoms with van der Waals surface area (Å²) in [6.45, 7) is 1.86. The predicted molar refractivity (Wildman–Crippen MR) is 140 cm³/mol. The lowest BCUT2D eigenvalue weighted by atomic mass is 9.78. The minimum atomic E-state index is -1.21. The molecule has 5 rings (SSSR count). The molecule has 35 heavy (non-hydrogen) atoms. The molecule has 2 heterocycles. The fraction of sp³-hybridized carbons (Fsp3) is 0.231. The molecule has 180 valence electrons. The number of thiocarbonyl (C=S) groups is 1. The number of methoxy groups -OCH3 is 2. The highest BCUT2D eigenvalue weighted by molar-refractivity contribution is 7.80. The number of nitrogens with zero attached hydrogens (tertiary/aromatic N) is 1. The topological polar surface area (TPSA) is 72.1 Å². The van der Waals surface area contributed by atoms with E-state index in [-0.39, 0.29) is 5.91 Å². The van der Waals surface area contributed by atoms with E-state index >= 15 is 0 Å². The van der Waals surface area contributed by atoms with Crippen LogP contribution in [0.4, 0.5) is 11.4 Å². The molecule has 2 N–H and O–H groups in total. The highest BCUT2D eigenvalue weighted by atomic mass is 35.5. The quantitative estimate of drug-likeness (QED) is 0.460. The van der Waals surface area contributed by atoms with Gasteiger partial charge in [-0.25, -0.2) is 0 Å². The van der Waals surface area contributed by atoms with Gasteiger partial charge in [0.05, 0.1) is 25.9 Å². The summed E-state index contributed by atoms with van der Waals surface area (Å²) >= 11 is 11.8. The fourth-order valence-electron chi connectivity index (χ4n) is 4.86. The number of fused-ring (bicyclic) bond motifs is 4. The third-order valence-electron chi connectivity index (χ3n) is 6.43. The lowest BCUT2D eigenvalue weighted by Crippen LogP contribution is -2.72. The smallest absolute Gasteiger partial charge is 0.236 e. The Kier molecular flexibility index (Phi) is 5.94. The van der Waals surface area contributed by atoms with E-state index < -0.39 is 17.7 Å². The average molecular weight is 510 g/mol. The van der Waals surface area contributed by atoms with Crippen LogP contribution in [0.2, 0.25) is 5.02 Å². The van der Waals surface area contributed by atoms with Gasteiger partial charge >= 0.3 is 0 Å². The molecule has 1 saturated heterocycles. The van der Waals surface area contributed by atoms with Crippen molar-refractivity contribution >= 4 is 46.2 Å². The Bertz CT molecular complexity index is 1300. The van der Waals surface area contributed by atoms with Gasteiger partial charge in [-0.05, 0) is 61.6 Å². The second-order valence-electron chi connectivity index (χ2n) is 8.44. The third kappa shape index (κ3) is 3.83. The Balaban J connectivity index is 1.66. The normalized spacial score (nSPS) is 22.4. The average Bonchev–Trinajstić information content (AvgIpc) is 2.85. The van der Waals surface area contributed by atoms with Crippen LogP contribution in [0.25, 0.3) is 0 Å². The largest absolute Gasteiger partial charge is 0.495 e. The SMILES string of the molecule is COc1ccccc1N1C(=S)N[C@H]2c3cccc(OC)c3O[C@@]1(C)[C@H]2C(=O)Nc1ccc(Cl)cc1. The van der Waals surface area contributed by atoms with Gasteiger partial charge in [-0.15, -0.1) is 0 Å². The molecule has 0 unspecified atom stereocenters. The van der Waals surface area contributed by atoms with E-state index in [0.29, 0.717) is 38.8 Å². The van der Waals surface area contributed by atoms with E-state index in [1.807, 2.05) is 49.4 Å². The zero-order valence-electron chi connectivity index (χ0n) is 19.4. The first kappa shape index (κ1) is 23.3. The Hall–Kier alpha value is -3.49. The van der Waals surface area contributed by atoms with Crippen LogP contribution in [0.15, 0.2) is 66.7 Å². The van der Waals surface area contributed by atoms with E-state index in [2.05, 4.69) is 10.6 Å². The number of hydrogen-bond acceptors (Lipinski definition) is 5. The Morgan fingerprint density at radius 3 is 2.46 bits per heavy atom. The van der Waals surface area contributed by atoms with Gasteiger partial charge in [0.2, 0.25) is 5.91 Å². The van der Waals surface area contributed by atoms with Crippen LogP contribution in [0.5, 0.6) is 17.2 Å². The van der Waals surface area contributed by atoms with Gasteiger partial charge in [-0.3, -0.25) is 9.69 Å². The summed E-state index contributed by atoms with van der Waals surface area (Å²) in [4.78, 5) is 15.7. The summed E-state index contributed by atoms with van der Waals surface area (Å²) < 4.78 is 17.9. The first-order valence-corrected chi connectivity index (χ1v) is 11.8. The van der Waals surface area contributed by atoms with Crippen molar-refractivity contribution in [2.24, 2.45) is 5.92 Å². The molecule has 3 atom stereocenters. The number of carbonyl (C=O) groups excluding carboxylic acids is 1. The number of amides is 1.